The lowest BCUT2D eigenvalue weighted by atomic mass is 9.95. The van der Waals surface area contributed by atoms with Gasteiger partial charge in [0.1, 0.15) is 5.76 Å². The zero-order chi connectivity index (χ0) is 13.9. The summed E-state index contributed by atoms with van der Waals surface area (Å²) in [6.07, 6.45) is 0. The lowest BCUT2D eigenvalue weighted by Gasteiger charge is -2.18. The number of thiocarbonyl (C=S) groups is 1. The van der Waals surface area contributed by atoms with Crippen molar-refractivity contribution in [2.45, 2.75) is 34.2 Å². The second-order valence-electron chi connectivity index (χ2n) is 4.59. The summed E-state index contributed by atoms with van der Waals surface area (Å²) in [5.74, 6) is 0.663. The Kier molecular flexibility index (Phi) is 4.84. The second kappa shape index (κ2) is 5.95. The SMILES string of the molecule is Cc1nc(CNC(=O)C(C(N)=S)C(C)C)oc1C. The van der Waals surface area contributed by atoms with Crippen LogP contribution in [0.2, 0.25) is 0 Å². The van der Waals surface area contributed by atoms with E-state index in [2.05, 4.69) is 10.3 Å². The molecule has 0 aliphatic heterocycles. The van der Waals surface area contributed by atoms with E-state index in [-0.39, 0.29) is 23.4 Å². The van der Waals surface area contributed by atoms with E-state index in [1.165, 1.54) is 0 Å². The lowest BCUT2D eigenvalue weighted by Crippen LogP contribution is -2.40. The fourth-order valence-corrected chi connectivity index (χ4v) is 2.03. The molecule has 1 rings (SSSR count). The molecular weight excluding hydrogens is 250 g/mol. The highest BCUT2D eigenvalue weighted by Crippen LogP contribution is 2.12. The van der Waals surface area contributed by atoms with Gasteiger partial charge < -0.3 is 15.5 Å². The van der Waals surface area contributed by atoms with Gasteiger partial charge in [-0.25, -0.2) is 4.98 Å². The summed E-state index contributed by atoms with van der Waals surface area (Å²) < 4.78 is 5.38. The molecule has 1 aromatic heterocycles. The molecule has 1 amide bonds. The number of aryl methyl sites for hydroxylation is 2. The lowest BCUT2D eigenvalue weighted by molar-refractivity contribution is -0.124. The third-order valence-electron chi connectivity index (χ3n) is 2.74. The van der Waals surface area contributed by atoms with Crippen LogP contribution in [0.25, 0.3) is 0 Å². The first kappa shape index (κ1) is 14.6. The number of amides is 1. The van der Waals surface area contributed by atoms with Crippen LogP contribution in [0.15, 0.2) is 4.42 Å². The fraction of sp³-hybridized carbons (Fsp3) is 0.583. The first-order valence-corrected chi connectivity index (χ1v) is 6.23. The molecular formula is C12H19N3O2S. The molecule has 0 saturated carbocycles. The highest BCUT2D eigenvalue weighted by Gasteiger charge is 2.25. The van der Waals surface area contributed by atoms with Crippen molar-refractivity contribution in [2.75, 3.05) is 0 Å². The number of carbonyl (C=O) groups is 1. The highest BCUT2D eigenvalue weighted by atomic mass is 32.1. The van der Waals surface area contributed by atoms with Crippen molar-refractivity contribution in [2.24, 2.45) is 17.6 Å². The quantitative estimate of drug-likeness (QED) is 0.791. The molecule has 1 atom stereocenters. The Bertz CT molecular complexity index is 435. The van der Waals surface area contributed by atoms with Crippen molar-refractivity contribution in [1.82, 2.24) is 10.3 Å². The smallest absolute Gasteiger partial charge is 0.230 e. The largest absolute Gasteiger partial charge is 0.444 e. The summed E-state index contributed by atoms with van der Waals surface area (Å²) >= 11 is 4.90. The number of hydrogen-bond donors (Lipinski definition) is 2. The van der Waals surface area contributed by atoms with Gasteiger partial charge in [0, 0.05) is 0 Å². The van der Waals surface area contributed by atoms with Gasteiger partial charge in [-0.15, -0.1) is 0 Å². The van der Waals surface area contributed by atoms with Crippen molar-refractivity contribution in [1.29, 1.82) is 0 Å². The van der Waals surface area contributed by atoms with Gasteiger partial charge in [-0.2, -0.15) is 0 Å². The number of carbonyl (C=O) groups excluding carboxylic acids is 1. The number of aromatic nitrogens is 1. The average molecular weight is 269 g/mol. The predicted molar refractivity (Wildman–Crippen MR) is 72.9 cm³/mol. The summed E-state index contributed by atoms with van der Waals surface area (Å²) in [5, 5.41) is 2.74. The molecule has 0 fully saturated rings. The Morgan fingerprint density at radius 1 is 1.50 bits per heavy atom. The summed E-state index contributed by atoms with van der Waals surface area (Å²) in [6.45, 7) is 7.75. The summed E-state index contributed by atoms with van der Waals surface area (Å²) in [6, 6.07) is 0. The number of nitrogens with two attached hydrogens (primary N) is 1. The minimum atomic E-state index is -0.461. The van der Waals surface area contributed by atoms with Crippen LogP contribution in [-0.2, 0) is 11.3 Å². The first-order chi connectivity index (χ1) is 8.32. The fourth-order valence-electron chi connectivity index (χ4n) is 1.65. The van der Waals surface area contributed by atoms with Crippen LogP contribution in [0.1, 0.15) is 31.2 Å². The summed E-state index contributed by atoms with van der Waals surface area (Å²) in [5.41, 5.74) is 6.40. The molecule has 0 aliphatic carbocycles. The molecule has 0 spiro atoms. The normalized spacial score (nSPS) is 12.5. The van der Waals surface area contributed by atoms with Crippen LogP contribution < -0.4 is 11.1 Å². The van der Waals surface area contributed by atoms with Gasteiger partial charge in [0.15, 0.2) is 0 Å². The van der Waals surface area contributed by atoms with E-state index < -0.39 is 5.92 Å². The topological polar surface area (TPSA) is 81.2 Å². The van der Waals surface area contributed by atoms with Gasteiger partial charge in [0.2, 0.25) is 11.8 Å². The van der Waals surface area contributed by atoms with Gasteiger partial charge >= 0.3 is 0 Å². The van der Waals surface area contributed by atoms with Gasteiger partial charge in [0.05, 0.1) is 23.1 Å². The third kappa shape index (κ3) is 3.53. The third-order valence-corrected chi connectivity index (χ3v) is 3.00. The molecule has 5 nitrogen and oxygen atoms in total. The molecule has 1 aromatic rings. The number of oxazole rings is 1. The zero-order valence-electron chi connectivity index (χ0n) is 11.1. The van der Waals surface area contributed by atoms with Gasteiger partial charge in [-0.05, 0) is 19.8 Å². The van der Waals surface area contributed by atoms with E-state index in [9.17, 15) is 4.79 Å². The number of rotatable bonds is 5. The standard InChI is InChI=1S/C12H19N3O2S/c1-6(2)10(11(13)18)12(16)14-5-9-15-7(3)8(4)17-9/h6,10H,5H2,1-4H3,(H2,13,18)(H,14,16). The van der Waals surface area contributed by atoms with E-state index in [0.717, 1.165) is 11.5 Å². The Morgan fingerprint density at radius 2 is 2.11 bits per heavy atom. The Morgan fingerprint density at radius 3 is 2.50 bits per heavy atom. The summed E-state index contributed by atoms with van der Waals surface area (Å²) in [4.78, 5) is 16.3. The van der Waals surface area contributed by atoms with Gasteiger partial charge in [0.25, 0.3) is 0 Å². The van der Waals surface area contributed by atoms with Gasteiger partial charge in [-0.3, -0.25) is 4.79 Å². The molecule has 0 aromatic carbocycles. The van der Waals surface area contributed by atoms with Crippen molar-refractivity contribution >= 4 is 23.1 Å². The van der Waals surface area contributed by atoms with Crippen molar-refractivity contribution in [3.8, 4) is 0 Å². The van der Waals surface area contributed by atoms with Gasteiger partial charge in [-0.1, -0.05) is 26.1 Å². The number of hydrogen-bond acceptors (Lipinski definition) is 4. The Balaban J connectivity index is 2.62. The molecule has 0 aliphatic rings. The molecule has 1 heterocycles. The highest BCUT2D eigenvalue weighted by molar-refractivity contribution is 7.80. The van der Waals surface area contributed by atoms with Crippen LogP contribution in [0.3, 0.4) is 0 Å². The zero-order valence-corrected chi connectivity index (χ0v) is 11.9. The van der Waals surface area contributed by atoms with Crippen LogP contribution in [0.4, 0.5) is 0 Å². The molecule has 1 unspecified atom stereocenters. The predicted octanol–water partition coefficient (Wildman–Crippen LogP) is 1.47. The van der Waals surface area contributed by atoms with E-state index in [0.29, 0.717) is 5.89 Å². The maximum Gasteiger partial charge on any atom is 0.230 e. The van der Waals surface area contributed by atoms with Crippen LogP contribution in [0.5, 0.6) is 0 Å². The summed E-state index contributed by atoms with van der Waals surface area (Å²) in [7, 11) is 0. The van der Waals surface area contributed by atoms with Crippen molar-refractivity contribution in [3.63, 3.8) is 0 Å². The maximum absolute atomic E-state index is 11.9. The molecule has 6 heteroatoms. The van der Waals surface area contributed by atoms with E-state index >= 15 is 0 Å². The Labute approximate surface area is 112 Å². The van der Waals surface area contributed by atoms with E-state index in [1.807, 2.05) is 27.7 Å². The van der Waals surface area contributed by atoms with E-state index in [4.69, 9.17) is 22.4 Å². The number of nitrogens with zero attached hydrogens (tertiary/aromatic N) is 1. The van der Waals surface area contributed by atoms with Crippen molar-refractivity contribution < 1.29 is 9.21 Å². The van der Waals surface area contributed by atoms with E-state index in [1.54, 1.807) is 0 Å². The van der Waals surface area contributed by atoms with Crippen LogP contribution in [0, 0.1) is 25.7 Å². The average Bonchev–Trinajstić information content (AvgIpc) is 2.54. The molecule has 3 N–H and O–H groups in total. The second-order valence-corrected chi connectivity index (χ2v) is 5.06. The minimum absolute atomic E-state index is 0.0653. The molecule has 0 radical (unpaired) electrons. The monoisotopic (exact) mass is 269 g/mol. The molecule has 100 valence electrons. The molecule has 0 saturated heterocycles. The first-order valence-electron chi connectivity index (χ1n) is 5.82. The van der Waals surface area contributed by atoms with Crippen molar-refractivity contribution in [3.05, 3.63) is 17.3 Å². The van der Waals surface area contributed by atoms with Crippen LogP contribution in [-0.4, -0.2) is 15.9 Å². The maximum atomic E-state index is 11.9. The minimum Gasteiger partial charge on any atom is -0.444 e. The number of nitrogens with one attached hydrogen (secondary N) is 1. The molecule has 18 heavy (non-hydrogen) atoms. The Hall–Kier alpha value is -1.43. The molecule has 0 bridgehead atoms. The van der Waals surface area contributed by atoms with Crippen LogP contribution >= 0.6 is 12.2 Å².